The van der Waals surface area contributed by atoms with Gasteiger partial charge in [0.2, 0.25) is 11.8 Å². The molecule has 8 heteroatoms. The lowest BCUT2D eigenvalue weighted by molar-refractivity contribution is 0.0742. The first-order valence-electron chi connectivity index (χ1n) is 8.05. The van der Waals surface area contributed by atoms with Crippen molar-refractivity contribution < 1.29 is 14.3 Å². The molecule has 0 bridgehead atoms. The molecular weight excluding hydrogens is 322 g/mol. The van der Waals surface area contributed by atoms with Crippen molar-refractivity contribution in [2.24, 2.45) is 0 Å². The number of pyridine rings is 1. The summed E-state index contributed by atoms with van der Waals surface area (Å²) in [5.41, 5.74) is 0.484. The highest BCUT2D eigenvalue weighted by Gasteiger charge is 2.25. The maximum atomic E-state index is 12.7. The van der Waals surface area contributed by atoms with Gasteiger partial charge in [-0.15, -0.1) is 0 Å². The van der Waals surface area contributed by atoms with Crippen LogP contribution in [0.3, 0.4) is 0 Å². The van der Waals surface area contributed by atoms with Crippen molar-refractivity contribution in [1.82, 2.24) is 19.9 Å². The lowest BCUT2D eigenvalue weighted by atomic mass is 10.2. The first kappa shape index (κ1) is 16.9. The number of aromatic nitrogens is 3. The molecule has 1 aliphatic rings. The Labute approximate surface area is 146 Å². The van der Waals surface area contributed by atoms with Gasteiger partial charge in [0.15, 0.2) is 0 Å². The van der Waals surface area contributed by atoms with E-state index in [9.17, 15) is 4.79 Å². The van der Waals surface area contributed by atoms with Crippen LogP contribution in [0.2, 0.25) is 0 Å². The molecule has 0 N–H and O–H groups in total. The van der Waals surface area contributed by atoms with Crippen LogP contribution < -0.4 is 14.4 Å². The van der Waals surface area contributed by atoms with Gasteiger partial charge in [0.05, 0.1) is 14.2 Å². The van der Waals surface area contributed by atoms with Gasteiger partial charge in [-0.1, -0.05) is 0 Å². The number of hydrogen-bond donors (Lipinski definition) is 0. The number of amides is 1. The molecule has 2 aromatic rings. The summed E-state index contributed by atoms with van der Waals surface area (Å²) in [6.45, 7) is 4.41. The van der Waals surface area contributed by atoms with E-state index in [4.69, 9.17) is 9.47 Å². The summed E-state index contributed by atoms with van der Waals surface area (Å²) in [6.07, 6.45) is 1.61. The fourth-order valence-corrected chi connectivity index (χ4v) is 2.82. The minimum atomic E-state index is -0.0685. The predicted molar refractivity (Wildman–Crippen MR) is 92.2 cm³/mol. The topological polar surface area (TPSA) is 80.7 Å². The van der Waals surface area contributed by atoms with Gasteiger partial charge in [0.25, 0.3) is 5.91 Å². The van der Waals surface area contributed by atoms with E-state index < -0.39 is 0 Å². The molecule has 3 heterocycles. The first-order chi connectivity index (χ1) is 12.1. The van der Waals surface area contributed by atoms with E-state index in [0.29, 0.717) is 49.3 Å². The third-order valence-corrected chi connectivity index (χ3v) is 4.10. The fourth-order valence-electron chi connectivity index (χ4n) is 2.82. The molecule has 1 aliphatic heterocycles. The normalized spacial score (nSPS) is 14.4. The quantitative estimate of drug-likeness (QED) is 0.824. The maximum Gasteiger partial charge on any atom is 0.259 e. The van der Waals surface area contributed by atoms with Crippen molar-refractivity contribution in [3.8, 4) is 11.8 Å². The lowest BCUT2D eigenvalue weighted by Gasteiger charge is -2.35. The zero-order valence-corrected chi connectivity index (χ0v) is 14.6. The number of ether oxygens (including phenoxy) is 2. The van der Waals surface area contributed by atoms with Crippen LogP contribution in [-0.2, 0) is 0 Å². The Morgan fingerprint density at radius 1 is 1.12 bits per heavy atom. The predicted octanol–water partition coefficient (Wildman–Crippen LogP) is 1.16. The number of piperazine rings is 1. The average Bonchev–Trinajstić information content (AvgIpc) is 2.67. The Kier molecular flexibility index (Phi) is 4.97. The second kappa shape index (κ2) is 7.33. The highest BCUT2D eigenvalue weighted by molar-refractivity contribution is 5.96. The number of methoxy groups -OCH3 is 2. The molecule has 0 saturated carbocycles. The second-order valence-electron chi connectivity index (χ2n) is 5.66. The van der Waals surface area contributed by atoms with E-state index in [1.807, 2.05) is 13.0 Å². The molecule has 132 valence electrons. The molecule has 1 fully saturated rings. The molecule has 0 unspecified atom stereocenters. The molecule has 0 aliphatic carbocycles. The third-order valence-electron chi connectivity index (χ3n) is 4.10. The first-order valence-corrected chi connectivity index (χ1v) is 8.05. The van der Waals surface area contributed by atoms with Crippen LogP contribution >= 0.6 is 0 Å². The highest BCUT2D eigenvalue weighted by Crippen LogP contribution is 2.21. The van der Waals surface area contributed by atoms with Crippen LogP contribution in [0, 0.1) is 6.92 Å². The molecule has 1 saturated heterocycles. The minimum Gasteiger partial charge on any atom is -0.481 e. The number of hydrogen-bond acceptors (Lipinski definition) is 7. The molecule has 2 aromatic heterocycles. The van der Waals surface area contributed by atoms with Crippen molar-refractivity contribution in [2.45, 2.75) is 6.92 Å². The molecule has 3 rings (SSSR count). The molecular formula is C17H21N5O3. The van der Waals surface area contributed by atoms with Crippen molar-refractivity contribution in [3.05, 3.63) is 35.8 Å². The van der Waals surface area contributed by atoms with Crippen LogP contribution in [0.15, 0.2) is 24.4 Å². The third kappa shape index (κ3) is 3.62. The summed E-state index contributed by atoms with van der Waals surface area (Å²) in [5.74, 6) is 2.30. The van der Waals surface area contributed by atoms with Crippen molar-refractivity contribution in [3.63, 3.8) is 0 Å². The Hall–Kier alpha value is -2.90. The summed E-state index contributed by atoms with van der Waals surface area (Å²) in [7, 11) is 3.10. The van der Waals surface area contributed by atoms with Gasteiger partial charge < -0.3 is 19.3 Å². The van der Waals surface area contributed by atoms with Crippen LogP contribution in [-0.4, -0.2) is 66.2 Å². The van der Waals surface area contributed by atoms with E-state index in [-0.39, 0.29) is 5.91 Å². The van der Waals surface area contributed by atoms with E-state index in [1.54, 1.807) is 30.3 Å². The monoisotopic (exact) mass is 343 g/mol. The van der Waals surface area contributed by atoms with E-state index in [0.717, 1.165) is 5.82 Å². The summed E-state index contributed by atoms with van der Waals surface area (Å²) in [4.78, 5) is 29.4. The number of carbonyl (C=O) groups is 1. The van der Waals surface area contributed by atoms with Gasteiger partial charge in [0.1, 0.15) is 17.2 Å². The summed E-state index contributed by atoms with van der Waals surface area (Å²) in [5, 5.41) is 0. The van der Waals surface area contributed by atoms with Crippen LogP contribution in [0.5, 0.6) is 11.8 Å². The maximum absolute atomic E-state index is 12.7. The Bertz CT molecular complexity index is 760. The number of rotatable bonds is 4. The number of aryl methyl sites for hydroxylation is 1. The summed E-state index contributed by atoms with van der Waals surface area (Å²) >= 11 is 0. The Morgan fingerprint density at radius 3 is 2.56 bits per heavy atom. The van der Waals surface area contributed by atoms with Crippen LogP contribution in [0.1, 0.15) is 16.2 Å². The fraction of sp³-hybridized carbons (Fsp3) is 0.412. The zero-order chi connectivity index (χ0) is 17.8. The van der Waals surface area contributed by atoms with E-state index >= 15 is 0 Å². The molecule has 25 heavy (non-hydrogen) atoms. The van der Waals surface area contributed by atoms with Gasteiger partial charge >= 0.3 is 0 Å². The van der Waals surface area contributed by atoms with Gasteiger partial charge in [-0.25, -0.2) is 9.97 Å². The van der Waals surface area contributed by atoms with Crippen LogP contribution in [0.4, 0.5) is 5.82 Å². The second-order valence-corrected chi connectivity index (χ2v) is 5.66. The van der Waals surface area contributed by atoms with E-state index in [2.05, 4.69) is 19.9 Å². The van der Waals surface area contributed by atoms with Gasteiger partial charge in [-0.2, -0.15) is 4.98 Å². The molecule has 0 spiro atoms. The van der Waals surface area contributed by atoms with Crippen molar-refractivity contribution in [1.29, 1.82) is 0 Å². The smallest absolute Gasteiger partial charge is 0.259 e. The molecule has 8 nitrogen and oxygen atoms in total. The zero-order valence-electron chi connectivity index (χ0n) is 14.6. The summed E-state index contributed by atoms with van der Waals surface area (Å²) in [6, 6.07) is 5.29. The molecule has 0 atom stereocenters. The van der Waals surface area contributed by atoms with E-state index in [1.165, 1.54) is 7.11 Å². The standard InChI is InChI=1S/C17H21N5O3/c1-12-19-14(11-15(20-12)24-2)21-7-9-22(10-8-21)17(23)13-5-4-6-18-16(13)25-3/h4-6,11H,7-10H2,1-3H3. The van der Waals surface area contributed by atoms with Gasteiger partial charge in [-0.3, -0.25) is 4.79 Å². The number of anilines is 1. The highest BCUT2D eigenvalue weighted by atomic mass is 16.5. The average molecular weight is 343 g/mol. The Morgan fingerprint density at radius 2 is 1.88 bits per heavy atom. The SMILES string of the molecule is COc1cc(N2CCN(C(=O)c3cccnc3OC)CC2)nc(C)n1. The van der Waals surface area contributed by atoms with Crippen molar-refractivity contribution in [2.75, 3.05) is 45.3 Å². The van der Waals surface area contributed by atoms with Crippen molar-refractivity contribution >= 4 is 11.7 Å². The molecule has 0 aromatic carbocycles. The molecule has 0 radical (unpaired) electrons. The lowest BCUT2D eigenvalue weighted by Crippen LogP contribution is -2.49. The van der Waals surface area contributed by atoms with Gasteiger partial charge in [-0.05, 0) is 19.1 Å². The largest absolute Gasteiger partial charge is 0.481 e. The van der Waals surface area contributed by atoms with Crippen LogP contribution in [0.25, 0.3) is 0 Å². The number of nitrogens with zero attached hydrogens (tertiary/aromatic N) is 5. The minimum absolute atomic E-state index is 0.0685. The Balaban J connectivity index is 1.69. The molecule has 1 amide bonds. The summed E-state index contributed by atoms with van der Waals surface area (Å²) < 4.78 is 10.4. The van der Waals surface area contributed by atoms with Gasteiger partial charge in [0, 0.05) is 38.4 Å². The number of carbonyl (C=O) groups excluding carboxylic acids is 1.